The van der Waals surface area contributed by atoms with E-state index in [0.29, 0.717) is 101 Å². The molecule has 7 aromatic heterocycles. The van der Waals surface area contributed by atoms with Crippen LogP contribution < -0.4 is 0 Å². The second-order valence-electron chi connectivity index (χ2n) is 15.2. The Morgan fingerprint density at radius 3 is 0.606 bits per heavy atom. The highest BCUT2D eigenvalue weighted by atomic mass is 15.3. The molecule has 0 aromatic carbocycles. The summed E-state index contributed by atoms with van der Waals surface area (Å²) in [6, 6.07) is 22.6. The lowest BCUT2D eigenvalue weighted by atomic mass is 10.3. The van der Waals surface area contributed by atoms with Crippen molar-refractivity contribution in [2.45, 2.75) is 41.5 Å². The average molecular weight is 886 g/mol. The van der Waals surface area contributed by atoms with Crippen molar-refractivity contribution in [1.29, 1.82) is 0 Å². The van der Waals surface area contributed by atoms with Crippen molar-refractivity contribution in [3.8, 4) is 0 Å². The van der Waals surface area contributed by atoms with Crippen molar-refractivity contribution < 1.29 is 0 Å². The second kappa shape index (κ2) is 19.9. The van der Waals surface area contributed by atoms with E-state index in [2.05, 4.69) is 29.9 Å². The van der Waals surface area contributed by atoms with E-state index in [-0.39, 0.29) is 0 Å². The van der Waals surface area contributed by atoms with E-state index in [0.717, 1.165) is 0 Å². The van der Waals surface area contributed by atoms with Crippen molar-refractivity contribution in [3.63, 3.8) is 0 Å². The van der Waals surface area contributed by atoms with Crippen LogP contribution in [0.3, 0.4) is 0 Å². The van der Waals surface area contributed by atoms with Crippen LogP contribution in [-0.4, -0.2) is 104 Å². The van der Waals surface area contributed by atoms with E-state index in [1.807, 2.05) is 138 Å². The van der Waals surface area contributed by atoms with Crippen LogP contribution in [0.2, 0.25) is 0 Å². The summed E-state index contributed by atoms with van der Waals surface area (Å²) in [6.45, 7) is 11.3. The molecular formula is C45H51N21. The molecular weight excluding hydrogens is 835 g/mol. The molecule has 336 valence electrons. The minimum atomic E-state index is 0.556. The van der Waals surface area contributed by atoms with Crippen molar-refractivity contribution in [3.05, 3.63) is 126 Å². The zero-order valence-electron chi connectivity index (χ0n) is 39.1. The van der Waals surface area contributed by atoms with Crippen LogP contribution in [0, 0.1) is 41.5 Å². The Hall–Kier alpha value is -8.49. The Morgan fingerprint density at radius 1 is 0.273 bits per heavy atom. The van der Waals surface area contributed by atoms with E-state index < -0.39 is 0 Å². The Labute approximate surface area is 379 Å². The van der Waals surface area contributed by atoms with Gasteiger partial charge in [0.25, 0.3) is 0 Å². The molecule has 12 bridgehead atoms. The van der Waals surface area contributed by atoms with Gasteiger partial charge in [-0.3, -0.25) is 28.1 Å². The molecule has 0 aliphatic heterocycles. The Bertz CT molecular complexity index is 2750. The molecule has 66 heavy (non-hydrogen) atoms. The highest BCUT2D eigenvalue weighted by Crippen LogP contribution is 2.11. The Balaban J connectivity index is 1.49. The maximum absolute atomic E-state index is 4.89. The standard InChI is InChI=1S/C45H51N21/c1-28-34-16-13-17-35(52-34)29(2)56-63(9)42-23-43(49-26-48-42)64(10)58-32(5)38-20-15-21-39(54-38)33(6)60-66(12)45-24-44(50-27-51-45)65(11)59-31(4)37-19-14-18-36(53-37)30(3)57-62(8)41-22-40(46-25-47-41)61(7)55-28/h13-27H,1-12H3. The molecule has 0 atom stereocenters. The zero-order valence-corrected chi connectivity index (χ0v) is 39.1. The molecule has 0 spiro atoms. The van der Waals surface area contributed by atoms with Gasteiger partial charge in [0.05, 0.1) is 67.3 Å². The fraction of sp³-hybridized carbons (Fsp3) is 0.267. The van der Waals surface area contributed by atoms with Gasteiger partial charge < -0.3 is 0 Å². The average Bonchev–Trinajstić information content (AvgIpc) is 3.33. The summed E-state index contributed by atoms with van der Waals surface area (Å²) in [6.07, 6.45) is 4.43. The molecule has 7 aromatic rings. The van der Waals surface area contributed by atoms with Crippen molar-refractivity contribution in [1.82, 2.24) is 104 Å². The number of hydrogen-bond donors (Lipinski definition) is 0. The highest BCUT2D eigenvalue weighted by Gasteiger charge is 2.03. The van der Waals surface area contributed by atoms with E-state index in [1.165, 1.54) is 19.0 Å². The molecule has 21 nitrogen and oxygen atoms in total. The predicted molar refractivity (Wildman–Crippen MR) is 253 cm³/mol. The molecule has 0 saturated heterocycles. The third-order valence-corrected chi connectivity index (χ3v) is 10.2. The third kappa shape index (κ3) is 10.8. The number of rotatable bonds is 0. The van der Waals surface area contributed by atoms with Crippen LogP contribution in [0.25, 0.3) is 67.0 Å². The highest BCUT2D eigenvalue weighted by molar-refractivity contribution is 5.62. The van der Waals surface area contributed by atoms with Crippen molar-refractivity contribution >= 4 is 67.0 Å². The van der Waals surface area contributed by atoms with Gasteiger partial charge in [0, 0.05) is 60.5 Å². The number of fused-ring (bicyclic) bond motifs is 12. The Kier molecular flexibility index (Phi) is 13.7. The van der Waals surface area contributed by atoms with Crippen LogP contribution in [0.4, 0.5) is 0 Å². The summed E-state index contributed by atoms with van der Waals surface area (Å²) in [5, 5.41) is 28.8. The number of nitrogens with zero attached hydrogens (tertiary/aromatic N) is 21. The van der Waals surface area contributed by atoms with Crippen LogP contribution in [0.1, 0.15) is 34.2 Å². The molecule has 0 N–H and O–H groups in total. The van der Waals surface area contributed by atoms with Gasteiger partial charge in [-0.25, -0.2) is 44.9 Å². The summed E-state index contributed by atoms with van der Waals surface area (Å²) in [7, 11) is 10.9. The smallest absolute Gasteiger partial charge is 0.154 e. The van der Waals surface area contributed by atoms with Gasteiger partial charge in [-0.15, -0.1) is 0 Å². The lowest BCUT2D eigenvalue weighted by molar-refractivity contribution is 0.735. The second-order valence-corrected chi connectivity index (χ2v) is 15.2. The summed E-state index contributed by atoms with van der Waals surface area (Å²) in [5.74, 6) is 0. The summed E-state index contributed by atoms with van der Waals surface area (Å²) >= 11 is 0. The van der Waals surface area contributed by atoms with Gasteiger partial charge in [0.1, 0.15) is 19.0 Å². The maximum Gasteiger partial charge on any atom is 0.154 e. The minimum absolute atomic E-state index is 0.556. The number of aryl methyl sites for hydroxylation is 12. The van der Waals surface area contributed by atoms with Crippen LogP contribution in [0.15, 0.2) is 91.8 Å². The number of hydrogen-bond acceptors (Lipinski definition) is 15. The maximum atomic E-state index is 4.89. The van der Waals surface area contributed by atoms with E-state index >= 15 is 0 Å². The van der Waals surface area contributed by atoms with Gasteiger partial charge in [-0.05, 0) is 77.9 Å². The van der Waals surface area contributed by atoms with E-state index in [1.54, 1.807) is 46.3 Å². The van der Waals surface area contributed by atoms with Gasteiger partial charge in [0.2, 0.25) is 0 Å². The fourth-order valence-corrected chi connectivity index (χ4v) is 6.55. The molecule has 0 unspecified atom stereocenters. The first kappa shape index (κ1) is 45.5. The quantitative estimate of drug-likeness (QED) is 0.174. The molecule has 0 aliphatic carbocycles. The molecule has 0 amide bonds. The van der Waals surface area contributed by atoms with Crippen LogP contribution in [-0.2, 0) is 42.3 Å². The summed E-state index contributed by atoms with van der Waals surface area (Å²) in [4.78, 5) is 41.5. The molecule has 0 fully saturated rings. The van der Waals surface area contributed by atoms with Gasteiger partial charge in [-0.1, -0.05) is 18.2 Å². The molecule has 0 saturated carbocycles. The lowest BCUT2D eigenvalue weighted by Crippen LogP contribution is -2.04. The third-order valence-electron chi connectivity index (χ3n) is 10.2. The minimum Gasteiger partial charge on any atom is -0.251 e. The summed E-state index contributed by atoms with van der Waals surface area (Å²) in [5.41, 5.74) is 11.4. The molecule has 7 heterocycles. The number of aromatic nitrogens is 21. The Morgan fingerprint density at radius 2 is 0.439 bits per heavy atom. The van der Waals surface area contributed by atoms with Crippen LogP contribution in [0.5, 0.6) is 0 Å². The molecule has 21 heteroatoms. The molecule has 0 aliphatic rings. The fourth-order valence-electron chi connectivity index (χ4n) is 6.55. The van der Waals surface area contributed by atoms with E-state index in [9.17, 15) is 0 Å². The predicted octanol–water partition coefficient (Wildman–Crippen LogP) is 5.85. The van der Waals surface area contributed by atoms with Crippen LogP contribution >= 0.6 is 0 Å². The van der Waals surface area contributed by atoms with Gasteiger partial charge in [0.15, 0.2) is 33.9 Å². The van der Waals surface area contributed by atoms with Gasteiger partial charge in [-0.2, -0.15) is 30.6 Å². The SMILES string of the molecule is Cc1nn(C)c2cc(ncn2)n(C)nc(C)c2cccc(n2)c(C)nn(C)c2cc(ncn2)n(C)nc(C)c2cccc(n2)c(C)nn(C)c2cc(ncn2)n(C)nc(C)c2cccc1n2. The summed E-state index contributed by atoms with van der Waals surface area (Å²) < 4.78 is 10.0. The van der Waals surface area contributed by atoms with Crippen molar-refractivity contribution in [2.24, 2.45) is 42.3 Å². The molecule has 0 radical (unpaired) electrons. The van der Waals surface area contributed by atoms with E-state index in [4.69, 9.17) is 45.5 Å². The first-order valence-corrected chi connectivity index (χ1v) is 20.8. The lowest BCUT2D eigenvalue weighted by Gasteiger charge is -2.03. The normalized spacial score (nSPS) is 10.7. The first-order chi connectivity index (χ1) is 31.6. The zero-order chi connectivity index (χ0) is 47.1. The topological polar surface area (TPSA) is 223 Å². The largest absolute Gasteiger partial charge is 0.251 e. The monoisotopic (exact) mass is 885 g/mol. The first-order valence-electron chi connectivity index (χ1n) is 20.8. The number of pyridine rings is 3. The molecule has 7 rings (SSSR count). The van der Waals surface area contributed by atoms with Gasteiger partial charge >= 0.3 is 0 Å². The van der Waals surface area contributed by atoms with Crippen molar-refractivity contribution in [2.75, 3.05) is 0 Å².